The second-order valence-corrected chi connectivity index (χ2v) is 6.94. The number of aliphatic hydroxyl groups is 1. The normalized spacial score (nSPS) is 33.0. The maximum absolute atomic E-state index is 12.7. The van der Waals surface area contributed by atoms with E-state index in [0.29, 0.717) is 18.6 Å². The van der Waals surface area contributed by atoms with E-state index >= 15 is 0 Å². The van der Waals surface area contributed by atoms with Gasteiger partial charge in [0.05, 0.1) is 12.6 Å². The molecule has 0 aliphatic carbocycles. The van der Waals surface area contributed by atoms with E-state index in [1.54, 1.807) is 0 Å². The van der Waals surface area contributed by atoms with Crippen LogP contribution in [0.3, 0.4) is 0 Å². The summed E-state index contributed by atoms with van der Waals surface area (Å²) in [4.78, 5) is 17.1. The van der Waals surface area contributed by atoms with E-state index in [-0.39, 0.29) is 18.1 Å². The topological polar surface area (TPSA) is 43.8 Å². The maximum atomic E-state index is 12.7. The number of likely N-dealkylation sites (tertiary alicyclic amines) is 2. The van der Waals surface area contributed by atoms with Gasteiger partial charge in [-0.3, -0.25) is 9.69 Å². The van der Waals surface area contributed by atoms with Gasteiger partial charge in [0.15, 0.2) is 0 Å². The van der Waals surface area contributed by atoms with Crippen molar-refractivity contribution in [3.8, 4) is 0 Å². The highest BCUT2D eigenvalue weighted by Gasteiger charge is 2.33. The Morgan fingerprint density at radius 3 is 2.43 bits per heavy atom. The molecule has 122 valence electrons. The van der Waals surface area contributed by atoms with Crippen LogP contribution < -0.4 is 0 Å². The Labute approximate surface area is 129 Å². The van der Waals surface area contributed by atoms with Crippen LogP contribution in [-0.2, 0) is 4.79 Å². The highest BCUT2D eigenvalue weighted by atomic mass is 16.3. The molecule has 2 heterocycles. The molecule has 2 fully saturated rings. The van der Waals surface area contributed by atoms with Crippen LogP contribution in [-0.4, -0.2) is 58.1 Å². The molecule has 0 aromatic rings. The number of hydrogen-bond donors (Lipinski definition) is 1. The van der Waals surface area contributed by atoms with Gasteiger partial charge in [-0.15, -0.1) is 0 Å². The maximum Gasteiger partial charge on any atom is 0.237 e. The lowest BCUT2D eigenvalue weighted by Gasteiger charge is -2.43. The number of carbonyl (C=O) groups excluding carboxylic acids is 1. The van der Waals surface area contributed by atoms with Gasteiger partial charge >= 0.3 is 0 Å². The fourth-order valence-electron chi connectivity index (χ4n) is 4.09. The average Bonchev–Trinajstić information content (AvgIpc) is 2.47. The summed E-state index contributed by atoms with van der Waals surface area (Å²) in [6.45, 7) is 7.79. The number of piperidine rings is 2. The summed E-state index contributed by atoms with van der Waals surface area (Å²) in [7, 11) is 0. The zero-order chi connectivity index (χ0) is 15.4. The zero-order valence-corrected chi connectivity index (χ0v) is 13.9. The number of amides is 1. The summed E-state index contributed by atoms with van der Waals surface area (Å²) in [5.74, 6) is 0.255. The third-order valence-corrected chi connectivity index (χ3v) is 5.35. The van der Waals surface area contributed by atoms with Gasteiger partial charge < -0.3 is 10.0 Å². The van der Waals surface area contributed by atoms with Crippen LogP contribution in [0.2, 0.25) is 0 Å². The van der Waals surface area contributed by atoms with E-state index in [1.807, 2.05) is 6.92 Å². The largest absolute Gasteiger partial charge is 0.392 e. The minimum Gasteiger partial charge on any atom is -0.392 e. The smallest absolute Gasteiger partial charge is 0.237 e. The molecule has 4 atom stereocenters. The van der Waals surface area contributed by atoms with Crippen LogP contribution in [0.5, 0.6) is 0 Å². The molecule has 1 amide bonds. The predicted molar refractivity (Wildman–Crippen MR) is 85.1 cm³/mol. The van der Waals surface area contributed by atoms with Crippen molar-refractivity contribution in [3.05, 3.63) is 0 Å². The highest BCUT2D eigenvalue weighted by Crippen LogP contribution is 2.25. The molecular weight excluding hydrogens is 264 g/mol. The van der Waals surface area contributed by atoms with Crippen molar-refractivity contribution in [1.29, 1.82) is 0 Å². The fraction of sp³-hybridized carbons (Fsp3) is 0.941. The van der Waals surface area contributed by atoms with Crippen molar-refractivity contribution >= 4 is 5.91 Å². The number of nitrogens with zero attached hydrogens (tertiary/aromatic N) is 2. The van der Waals surface area contributed by atoms with Gasteiger partial charge in [-0.2, -0.15) is 0 Å². The van der Waals surface area contributed by atoms with Crippen LogP contribution in [0.4, 0.5) is 0 Å². The molecule has 21 heavy (non-hydrogen) atoms. The first-order valence-electron chi connectivity index (χ1n) is 8.77. The zero-order valence-electron chi connectivity index (χ0n) is 13.9. The van der Waals surface area contributed by atoms with E-state index in [1.165, 1.54) is 12.8 Å². The first kappa shape index (κ1) is 16.8. The standard InChI is InChI=1S/C17H32N2O2/c1-4-16(20)15-10-5-6-11-18(15)12-17(21)19-13(2)8-7-9-14(19)3/h13-16,20H,4-12H2,1-3H3. The number of aliphatic hydroxyl groups excluding tert-OH is 1. The second-order valence-electron chi connectivity index (χ2n) is 6.94. The van der Waals surface area contributed by atoms with Crippen LogP contribution in [0, 0.1) is 0 Å². The lowest BCUT2D eigenvalue weighted by molar-refractivity contribution is -0.140. The van der Waals surface area contributed by atoms with Gasteiger partial charge in [0.25, 0.3) is 0 Å². The fourth-order valence-corrected chi connectivity index (χ4v) is 4.09. The van der Waals surface area contributed by atoms with Crippen molar-refractivity contribution in [2.75, 3.05) is 13.1 Å². The minimum absolute atomic E-state index is 0.170. The molecule has 0 spiro atoms. The second kappa shape index (κ2) is 7.59. The molecule has 0 aromatic heterocycles. The Kier molecular flexibility index (Phi) is 6.06. The van der Waals surface area contributed by atoms with Crippen LogP contribution in [0.25, 0.3) is 0 Å². The lowest BCUT2D eigenvalue weighted by atomic mass is 9.95. The van der Waals surface area contributed by atoms with Gasteiger partial charge in [-0.05, 0) is 58.9 Å². The summed E-state index contributed by atoms with van der Waals surface area (Å²) in [5, 5.41) is 10.2. The third kappa shape index (κ3) is 3.98. The number of carbonyl (C=O) groups is 1. The van der Waals surface area contributed by atoms with Crippen molar-refractivity contribution < 1.29 is 9.90 Å². The van der Waals surface area contributed by atoms with E-state index in [0.717, 1.165) is 38.6 Å². The Morgan fingerprint density at radius 2 is 1.81 bits per heavy atom. The van der Waals surface area contributed by atoms with Crippen molar-refractivity contribution in [2.45, 2.75) is 89.9 Å². The molecule has 2 aliphatic heterocycles. The molecule has 0 aromatic carbocycles. The summed E-state index contributed by atoms with van der Waals surface area (Å²) in [6, 6.07) is 0.893. The molecule has 2 rings (SSSR count). The predicted octanol–water partition coefficient (Wildman–Crippen LogP) is 2.40. The summed E-state index contributed by atoms with van der Waals surface area (Å²) in [5.41, 5.74) is 0. The molecule has 0 saturated carbocycles. The summed E-state index contributed by atoms with van der Waals surface area (Å²) >= 11 is 0. The molecule has 0 radical (unpaired) electrons. The Balaban J connectivity index is 1.99. The van der Waals surface area contributed by atoms with Gasteiger partial charge in [0, 0.05) is 18.1 Å². The molecule has 4 nitrogen and oxygen atoms in total. The molecule has 0 bridgehead atoms. The third-order valence-electron chi connectivity index (χ3n) is 5.35. The van der Waals surface area contributed by atoms with E-state index < -0.39 is 0 Å². The Morgan fingerprint density at radius 1 is 1.14 bits per heavy atom. The molecule has 2 saturated heterocycles. The van der Waals surface area contributed by atoms with Gasteiger partial charge in [0.2, 0.25) is 5.91 Å². The number of hydrogen-bond acceptors (Lipinski definition) is 3. The summed E-state index contributed by atoms with van der Waals surface area (Å²) in [6.07, 6.45) is 7.28. The SMILES string of the molecule is CCC(O)C1CCCCN1CC(=O)N1C(C)CCCC1C. The lowest BCUT2D eigenvalue weighted by Crippen LogP contribution is -2.55. The van der Waals surface area contributed by atoms with Crippen LogP contribution in [0.1, 0.15) is 65.7 Å². The van der Waals surface area contributed by atoms with Crippen LogP contribution >= 0.6 is 0 Å². The summed E-state index contributed by atoms with van der Waals surface area (Å²) < 4.78 is 0. The molecular formula is C17H32N2O2. The van der Waals surface area contributed by atoms with Crippen molar-refractivity contribution in [3.63, 3.8) is 0 Å². The molecule has 2 aliphatic rings. The molecule has 4 unspecified atom stereocenters. The first-order chi connectivity index (χ1) is 10.0. The van der Waals surface area contributed by atoms with Crippen molar-refractivity contribution in [2.24, 2.45) is 0 Å². The Bertz CT molecular complexity index is 338. The molecule has 4 heteroatoms. The van der Waals surface area contributed by atoms with Gasteiger partial charge in [-0.1, -0.05) is 13.3 Å². The average molecular weight is 296 g/mol. The Hall–Kier alpha value is -0.610. The minimum atomic E-state index is -0.297. The quantitative estimate of drug-likeness (QED) is 0.866. The monoisotopic (exact) mass is 296 g/mol. The first-order valence-corrected chi connectivity index (χ1v) is 8.77. The highest BCUT2D eigenvalue weighted by molar-refractivity contribution is 5.79. The van der Waals surface area contributed by atoms with Gasteiger partial charge in [0.1, 0.15) is 0 Å². The van der Waals surface area contributed by atoms with E-state index in [4.69, 9.17) is 0 Å². The van der Waals surface area contributed by atoms with Crippen molar-refractivity contribution in [1.82, 2.24) is 9.80 Å². The van der Waals surface area contributed by atoms with E-state index in [2.05, 4.69) is 23.6 Å². The van der Waals surface area contributed by atoms with Crippen LogP contribution in [0.15, 0.2) is 0 Å². The number of rotatable bonds is 4. The van der Waals surface area contributed by atoms with Gasteiger partial charge in [-0.25, -0.2) is 0 Å². The van der Waals surface area contributed by atoms with E-state index in [9.17, 15) is 9.90 Å². The molecule has 1 N–H and O–H groups in total.